The summed E-state index contributed by atoms with van der Waals surface area (Å²) >= 11 is 9.46. The minimum absolute atomic E-state index is 0.246. The third-order valence-electron chi connectivity index (χ3n) is 2.49. The Morgan fingerprint density at radius 1 is 1.50 bits per heavy atom. The molecule has 1 aliphatic rings. The largest absolute Gasteiger partial charge is 0.497 e. The van der Waals surface area contributed by atoms with E-state index in [0.717, 1.165) is 34.6 Å². The molecule has 1 heterocycles. The highest BCUT2D eigenvalue weighted by Gasteiger charge is 2.11. The molecule has 1 aromatic rings. The summed E-state index contributed by atoms with van der Waals surface area (Å²) in [7, 11) is 0. The fraction of sp³-hybridized carbons (Fsp3) is 0.333. The van der Waals surface area contributed by atoms with Crippen LogP contribution in [0.3, 0.4) is 0 Å². The van der Waals surface area contributed by atoms with E-state index in [1.807, 2.05) is 24.3 Å². The van der Waals surface area contributed by atoms with Gasteiger partial charge in [0.05, 0.1) is 28.0 Å². The molecular weight excluding hydrogens is 289 g/mol. The Kier molecular flexibility index (Phi) is 4.13. The second-order valence-corrected chi connectivity index (χ2v) is 4.89. The van der Waals surface area contributed by atoms with Gasteiger partial charge in [0.15, 0.2) is 0 Å². The van der Waals surface area contributed by atoms with E-state index in [1.165, 1.54) is 0 Å². The normalized spacial score (nSPS) is 19.2. The third-order valence-corrected chi connectivity index (χ3v) is 3.89. The monoisotopic (exact) mass is 301 g/mol. The van der Waals surface area contributed by atoms with Crippen molar-refractivity contribution >= 4 is 33.2 Å². The van der Waals surface area contributed by atoms with Crippen LogP contribution in [0.4, 0.5) is 5.69 Å². The van der Waals surface area contributed by atoms with Gasteiger partial charge in [-0.1, -0.05) is 17.7 Å². The van der Waals surface area contributed by atoms with E-state index < -0.39 is 0 Å². The van der Waals surface area contributed by atoms with E-state index >= 15 is 0 Å². The molecule has 1 unspecified atom stereocenters. The van der Waals surface area contributed by atoms with Crippen LogP contribution in [-0.2, 0) is 4.74 Å². The summed E-state index contributed by atoms with van der Waals surface area (Å²) in [5.41, 5.74) is 1.01. The number of allylic oxidation sites excluding steroid dienone is 1. The van der Waals surface area contributed by atoms with Gasteiger partial charge >= 0.3 is 0 Å². The van der Waals surface area contributed by atoms with Crippen LogP contribution >= 0.6 is 27.5 Å². The van der Waals surface area contributed by atoms with E-state index in [4.69, 9.17) is 16.3 Å². The van der Waals surface area contributed by atoms with Crippen molar-refractivity contribution in [3.63, 3.8) is 0 Å². The number of benzene rings is 1. The van der Waals surface area contributed by atoms with Gasteiger partial charge in [-0.05, 0) is 47.0 Å². The average molecular weight is 303 g/mol. The van der Waals surface area contributed by atoms with Crippen molar-refractivity contribution in [1.82, 2.24) is 0 Å². The highest BCUT2D eigenvalue weighted by molar-refractivity contribution is 9.10. The molecule has 1 aliphatic heterocycles. The Labute approximate surface area is 109 Å². The van der Waals surface area contributed by atoms with E-state index in [2.05, 4.69) is 21.2 Å². The van der Waals surface area contributed by atoms with Crippen LogP contribution in [-0.4, -0.2) is 12.6 Å². The fourth-order valence-electron chi connectivity index (χ4n) is 1.60. The molecule has 0 radical (unpaired) electrons. The Morgan fingerprint density at radius 2 is 2.38 bits per heavy atom. The number of hydrogen-bond donors (Lipinski definition) is 1. The van der Waals surface area contributed by atoms with Crippen molar-refractivity contribution in [1.29, 1.82) is 0 Å². The van der Waals surface area contributed by atoms with E-state index in [9.17, 15) is 0 Å². The van der Waals surface area contributed by atoms with Gasteiger partial charge in [-0.15, -0.1) is 0 Å². The molecule has 0 bridgehead atoms. The molecule has 2 nitrogen and oxygen atoms in total. The number of nitrogens with one attached hydrogen (secondary N) is 1. The molecule has 16 heavy (non-hydrogen) atoms. The lowest BCUT2D eigenvalue weighted by atomic mass is 10.1. The number of rotatable bonds is 3. The van der Waals surface area contributed by atoms with Crippen LogP contribution < -0.4 is 5.32 Å². The number of ether oxygens (including phenoxy) is 1. The van der Waals surface area contributed by atoms with Gasteiger partial charge < -0.3 is 10.1 Å². The van der Waals surface area contributed by atoms with Gasteiger partial charge in [0.1, 0.15) is 6.10 Å². The summed E-state index contributed by atoms with van der Waals surface area (Å²) in [6.07, 6.45) is 6.22. The molecule has 0 aliphatic carbocycles. The zero-order chi connectivity index (χ0) is 11.4. The average Bonchev–Trinajstić information content (AvgIpc) is 2.32. The summed E-state index contributed by atoms with van der Waals surface area (Å²) < 4.78 is 6.38. The molecule has 2 rings (SSSR count). The first-order valence-electron chi connectivity index (χ1n) is 5.26. The molecule has 1 aromatic carbocycles. The molecule has 0 aromatic heterocycles. The standard InChI is InChI=1S/C12H13BrClNO/c13-12-10(14)5-3-6-11(12)15-8-9-4-1-2-7-16-9/h2-3,5-7,9,15H,1,4,8H2. The van der Waals surface area contributed by atoms with Gasteiger partial charge in [0.25, 0.3) is 0 Å². The zero-order valence-electron chi connectivity index (χ0n) is 8.75. The third kappa shape index (κ3) is 2.92. The SMILES string of the molecule is Clc1cccc(NCC2CCC=CO2)c1Br. The molecule has 0 saturated carbocycles. The van der Waals surface area contributed by atoms with Crippen molar-refractivity contribution < 1.29 is 4.74 Å². The summed E-state index contributed by atoms with van der Waals surface area (Å²) in [5.74, 6) is 0. The number of hydrogen-bond acceptors (Lipinski definition) is 2. The van der Waals surface area contributed by atoms with Crippen molar-refractivity contribution in [2.24, 2.45) is 0 Å². The molecule has 0 fully saturated rings. The maximum atomic E-state index is 6.01. The first kappa shape index (κ1) is 11.8. The van der Waals surface area contributed by atoms with Crippen LogP contribution in [0.1, 0.15) is 12.8 Å². The van der Waals surface area contributed by atoms with Crippen LogP contribution in [0.2, 0.25) is 5.02 Å². The Hall–Kier alpha value is -0.670. The molecule has 86 valence electrons. The fourth-order valence-corrected chi connectivity index (χ4v) is 2.18. The zero-order valence-corrected chi connectivity index (χ0v) is 11.1. The lowest BCUT2D eigenvalue weighted by molar-refractivity contribution is 0.135. The summed E-state index contributed by atoms with van der Waals surface area (Å²) in [6.45, 7) is 0.795. The topological polar surface area (TPSA) is 21.3 Å². The van der Waals surface area contributed by atoms with Crippen molar-refractivity contribution in [2.45, 2.75) is 18.9 Å². The second kappa shape index (κ2) is 5.60. The maximum Gasteiger partial charge on any atom is 0.115 e. The molecular formula is C12H13BrClNO. The Bertz CT molecular complexity index is 395. The van der Waals surface area contributed by atoms with Crippen LogP contribution in [0, 0.1) is 0 Å². The van der Waals surface area contributed by atoms with Gasteiger partial charge in [-0.3, -0.25) is 0 Å². The Balaban J connectivity index is 1.94. The molecule has 4 heteroatoms. The van der Waals surface area contributed by atoms with Crippen LogP contribution in [0.25, 0.3) is 0 Å². The van der Waals surface area contributed by atoms with Gasteiger partial charge in [-0.25, -0.2) is 0 Å². The molecule has 0 spiro atoms. The van der Waals surface area contributed by atoms with E-state index in [-0.39, 0.29) is 6.10 Å². The molecule has 0 saturated heterocycles. The summed E-state index contributed by atoms with van der Waals surface area (Å²) in [4.78, 5) is 0. The maximum absolute atomic E-state index is 6.01. The summed E-state index contributed by atoms with van der Waals surface area (Å²) in [5, 5.41) is 4.05. The first-order chi connectivity index (χ1) is 7.77. The highest BCUT2D eigenvalue weighted by atomic mass is 79.9. The van der Waals surface area contributed by atoms with Crippen molar-refractivity contribution in [3.8, 4) is 0 Å². The Morgan fingerprint density at radius 3 is 3.12 bits per heavy atom. The van der Waals surface area contributed by atoms with Crippen molar-refractivity contribution in [2.75, 3.05) is 11.9 Å². The van der Waals surface area contributed by atoms with Gasteiger partial charge in [0, 0.05) is 0 Å². The smallest absolute Gasteiger partial charge is 0.115 e. The predicted octanol–water partition coefficient (Wildman–Crippen LogP) is 4.21. The quantitative estimate of drug-likeness (QED) is 0.903. The van der Waals surface area contributed by atoms with E-state index in [1.54, 1.807) is 6.26 Å². The highest BCUT2D eigenvalue weighted by Crippen LogP contribution is 2.30. The van der Waals surface area contributed by atoms with Gasteiger partial charge in [0.2, 0.25) is 0 Å². The predicted molar refractivity (Wildman–Crippen MR) is 70.9 cm³/mol. The van der Waals surface area contributed by atoms with Crippen LogP contribution in [0.5, 0.6) is 0 Å². The molecule has 1 N–H and O–H groups in total. The van der Waals surface area contributed by atoms with Crippen LogP contribution in [0.15, 0.2) is 35.0 Å². The minimum Gasteiger partial charge on any atom is -0.497 e. The number of anilines is 1. The second-order valence-electron chi connectivity index (χ2n) is 3.69. The number of halogens is 2. The van der Waals surface area contributed by atoms with Crippen molar-refractivity contribution in [3.05, 3.63) is 40.0 Å². The van der Waals surface area contributed by atoms with E-state index in [0.29, 0.717) is 0 Å². The summed E-state index contributed by atoms with van der Waals surface area (Å²) in [6, 6.07) is 5.78. The molecule has 0 amide bonds. The molecule has 1 atom stereocenters. The van der Waals surface area contributed by atoms with Gasteiger partial charge in [-0.2, -0.15) is 0 Å². The lowest BCUT2D eigenvalue weighted by Gasteiger charge is -2.20. The first-order valence-corrected chi connectivity index (χ1v) is 6.43. The minimum atomic E-state index is 0.246. The lowest BCUT2D eigenvalue weighted by Crippen LogP contribution is -2.23.